The SMILES string of the molecule is CC(C)(C)OC(=O)NCc1cccc(-c2cc(COc3ccc(O[Si](C)(C)C(C)(C)C)cc3CC(=O)O)cc3ccoc23)c1. The number of rotatable bonds is 10. The lowest BCUT2D eigenvalue weighted by atomic mass is 9.99. The van der Waals surface area contributed by atoms with Crippen LogP contribution in [0.4, 0.5) is 4.79 Å². The minimum absolute atomic E-state index is 0.00664. The molecule has 0 spiro atoms. The van der Waals surface area contributed by atoms with Gasteiger partial charge >= 0.3 is 12.1 Å². The molecule has 0 saturated carbocycles. The number of benzene rings is 3. The maximum Gasteiger partial charge on any atom is 0.407 e. The van der Waals surface area contributed by atoms with E-state index in [4.69, 9.17) is 18.3 Å². The summed E-state index contributed by atoms with van der Waals surface area (Å²) in [6.45, 7) is 16.8. The highest BCUT2D eigenvalue weighted by Gasteiger charge is 2.39. The number of ether oxygens (including phenoxy) is 2. The molecule has 8 nitrogen and oxygen atoms in total. The molecule has 0 radical (unpaired) electrons. The van der Waals surface area contributed by atoms with Gasteiger partial charge in [0.05, 0.1) is 12.7 Å². The number of aliphatic carboxylic acids is 1. The molecular formula is C35H43NO7Si. The fourth-order valence-electron chi connectivity index (χ4n) is 4.45. The van der Waals surface area contributed by atoms with Crippen LogP contribution in [0.15, 0.2) is 71.3 Å². The van der Waals surface area contributed by atoms with Crippen molar-refractivity contribution in [2.75, 3.05) is 0 Å². The summed E-state index contributed by atoms with van der Waals surface area (Å²) in [7, 11) is -2.10. The molecule has 2 N–H and O–H groups in total. The molecule has 0 aliphatic rings. The monoisotopic (exact) mass is 617 g/mol. The number of alkyl carbamates (subject to hydrolysis) is 1. The summed E-state index contributed by atoms with van der Waals surface area (Å²) in [5.41, 5.74) is 4.34. The Morgan fingerprint density at radius 1 is 0.932 bits per heavy atom. The molecule has 0 aliphatic carbocycles. The fraction of sp³-hybridized carbons (Fsp3) is 0.371. The van der Waals surface area contributed by atoms with Crippen LogP contribution in [0.1, 0.15) is 58.2 Å². The van der Waals surface area contributed by atoms with Crippen molar-refractivity contribution in [1.29, 1.82) is 0 Å². The van der Waals surface area contributed by atoms with Crippen molar-refractivity contribution in [2.24, 2.45) is 0 Å². The Hall–Kier alpha value is -4.24. The highest BCUT2D eigenvalue weighted by molar-refractivity contribution is 6.74. The number of carboxylic acid groups (broad SMARTS) is 1. The third-order valence-electron chi connectivity index (χ3n) is 7.63. The first-order valence-corrected chi connectivity index (χ1v) is 17.6. The normalized spacial score (nSPS) is 12.2. The number of hydrogen-bond donors (Lipinski definition) is 2. The first-order chi connectivity index (χ1) is 20.5. The Bertz CT molecular complexity index is 1640. The number of nitrogens with one attached hydrogen (secondary N) is 1. The van der Waals surface area contributed by atoms with Crippen LogP contribution in [0, 0.1) is 0 Å². The van der Waals surface area contributed by atoms with E-state index in [0.717, 1.165) is 33.2 Å². The van der Waals surface area contributed by atoms with E-state index in [1.807, 2.05) is 69.3 Å². The van der Waals surface area contributed by atoms with Crippen LogP contribution in [0.2, 0.25) is 18.1 Å². The van der Waals surface area contributed by atoms with E-state index < -0.39 is 26.0 Å². The molecule has 3 aromatic carbocycles. The fourth-order valence-corrected chi connectivity index (χ4v) is 5.47. The van der Waals surface area contributed by atoms with Gasteiger partial charge in [-0.2, -0.15) is 0 Å². The molecule has 1 amide bonds. The quantitative estimate of drug-likeness (QED) is 0.171. The van der Waals surface area contributed by atoms with Crippen molar-refractivity contribution in [3.63, 3.8) is 0 Å². The Morgan fingerprint density at radius 2 is 1.68 bits per heavy atom. The molecule has 0 atom stereocenters. The van der Waals surface area contributed by atoms with E-state index in [1.54, 1.807) is 18.4 Å². The molecule has 0 saturated heterocycles. The lowest BCUT2D eigenvalue weighted by molar-refractivity contribution is -0.136. The Balaban J connectivity index is 1.57. The zero-order chi connectivity index (χ0) is 32.3. The maximum atomic E-state index is 12.2. The second kappa shape index (κ2) is 12.8. The van der Waals surface area contributed by atoms with Gasteiger partial charge in [-0.15, -0.1) is 0 Å². The first kappa shape index (κ1) is 32.7. The van der Waals surface area contributed by atoms with Crippen LogP contribution >= 0.6 is 0 Å². The lowest BCUT2D eigenvalue weighted by Gasteiger charge is -2.36. The zero-order valence-corrected chi connectivity index (χ0v) is 27.9. The number of furan rings is 1. The van der Waals surface area contributed by atoms with Gasteiger partial charge in [-0.25, -0.2) is 4.79 Å². The number of fused-ring (bicyclic) bond motifs is 1. The van der Waals surface area contributed by atoms with Crippen molar-refractivity contribution in [3.8, 4) is 22.6 Å². The number of carbonyl (C=O) groups excluding carboxylic acids is 1. The first-order valence-electron chi connectivity index (χ1n) is 14.7. The van der Waals surface area contributed by atoms with Crippen LogP contribution in [-0.4, -0.2) is 31.1 Å². The molecular weight excluding hydrogens is 574 g/mol. The van der Waals surface area contributed by atoms with Gasteiger partial charge in [0, 0.05) is 23.1 Å². The smallest absolute Gasteiger partial charge is 0.407 e. The molecule has 0 bridgehead atoms. The van der Waals surface area contributed by atoms with E-state index in [-0.39, 0.29) is 18.1 Å². The molecule has 0 unspecified atom stereocenters. The average Bonchev–Trinajstić information content (AvgIpc) is 3.38. The van der Waals surface area contributed by atoms with Crippen LogP contribution < -0.4 is 14.5 Å². The molecule has 9 heteroatoms. The van der Waals surface area contributed by atoms with Crippen LogP contribution in [0.5, 0.6) is 11.5 Å². The standard InChI is InChI=1S/C35H43NO7Si/c1-34(2,3)42-33(39)36-21-23-10-9-11-25(16-23)29-18-24(17-26-14-15-40-32(26)29)22-41-30-13-12-28(19-27(30)20-31(37)38)43-44(7,8)35(4,5)6/h9-19H,20-22H2,1-8H3,(H,36,39)(H,37,38). The van der Waals surface area contributed by atoms with E-state index in [9.17, 15) is 14.7 Å². The average molecular weight is 618 g/mol. The predicted octanol–water partition coefficient (Wildman–Crippen LogP) is 8.71. The summed E-state index contributed by atoms with van der Waals surface area (Å²) in [6.07, 6.45) is 0.997. The van der Waals surface area contributed by atoms with E-state index >= 15 is 0 Å². The van der Waals surface area contributed by atoms with Gasteiger partial charge in [-0.3, -0.25) is 4.79 Å². The summed E-state index contributed by atoms with van der Waals surface area (Å²) >= 11 is 0. The molecule has 0 fully saturated rings. The van der Waals surface area contributed by atoms with Crippen LogP contribution in [0.25, 0.3) is 22.1 Å². The van der Waals surface area contributed by atoms with Gasteiger partial charge in [0.2, 0.25) is 8.32 Å². The van der Waals surface area contributed by atoms with Gasteiger partial charge in [0.1, 0.15) is 29.3 Å². The predicted molar refractivity (Wildman–Crippen MR) is 175 cm³/mol. The van der Waals surface area contributed by atoms with Crippen molar-refractivity contribution in [1.82, 2.24) is 5.32 Å². The van der Waals surface area contributed by atoms with Gasteiger partial charge in [-0.1, -0.05) is 39.0 Å². The largest absolute Gasteiger partial charge is 0.543 e. The van der Waals surface area contributed by atoms with Gasteiger partial charge in [-0.05, 0) is 98.1 Å². The number of hydrogen-bond acceptors (Lipinski definition) is 6. The van der Waals surface area contributed by atoms with E-state index in [2.05, 4.69) is 39.2 Å². The summed E-state index contributed by atoms with van der Waals surface area (Å²) < 4.78 is 23.8. The Labute approximate surface area is 260 Å². The Kier molecular flexibility index (Phi) is 9.49. The molecule has 4 rings (SSSR count). The highest BCUT2D eigenvalue weighted by Crippen LogP contribution is 2.38. The van der Waals surface area contributed by atoms with Crippen molar-refractivity contribution < 1.29 is 33.0 Å². The zero-order valence-electron chi connectivity index (χ0n) is 26.9. The van der Waals surface area contributed by atoms with Crippen LogP contribution in [0.3, 0.4) is 0 Å². The van der Waals surface area contributed by atoms with Crippen molar-refractivity contribution in [2.45, 2.75) is 84.8 Å². The van der Waals surface area contributed by atoms with Crippen molar-refractivity contribution >= 4 is 31.3 Å². The number of carboxylic acids is 1. The maximum absolute atomic E-state index is 12.2. The summed E-state index contributed by atoms with van der Waals surface area (Å²) in [6, 6.07) is 19.2. The topological polar surface area (TPSA) is 107 Å². The third-order valence-corrected chi connectivity index (χ3v) is 12.0. The molecule has 234 valence electrons. The molecule has 0 aliphatic heterocycles. The minimum Gasteiger partial charge on any atom is -0.543 e. The molecule has 1 heterocycles. The van der Waals surface area contributed by atoms with Gasteiger partial charge < -0.3 is 28.7 Å². The lowest BCUT2D eigenvalue weighted by Crippen LogP contribution is -2.43. The number of amides is 1. The molecule has 1 aromatic heterocycles. The van der Waals surface area contributed by atoms with E-state index in [0.29, 0.717) is 23.6 Å². The third kappa shape index (κ3) is 8.44. The van der Waals surface area contributed by atoms with Crippen molar-refractivity contribution in [3.05, 3.63) is 83.6 Å². The van der Waals surface area contributed by atoms with Crippen LogP contribution in [-0.2, 0) is 29.1 Å². The minimum atomic E-state index is -2.10. The second-order valence-corrected chi connectivity index (χ2v) is 18.3. The summed E-state index contributed by atoms with van der Waals surface area (Å²) in [5.74, 6) is 0.213. The summed E-state index contributed by atoms with van der Waals surface area (Å²) in [5, 5.41) is 13.3. The molecule has 44 heavy (non-hydrogen) atoms. The number of carbonyl (C=O) groups is 2. The highest BCUT2D eigenvalue weighted by atomic mass is 28.4. The van der Waals surface area contributed by atoms with Gasteiger partial charge in [0.25, 0.3) is 0 Å². The van der Waals surface area contributed by atoms with Gasteiger partial charge in [0.15, 0.2) is 0 Å². The summed E-state index contributed by atoms with van der Waals surface area (Å²) in [4.78, 5) is 23.9. The second-order valence-electron chi connectivity index (χ2n) is 13.5. The molecule has 4 aromatic rings. The Morgan fingerprint density at radius 3 is 2.36 bits per heavy atom. The van der Waals surface area contributed by atoms with E-state index in [1.165, 1.54) is 0 Å².